The Morgan fingerprint density at radius 3 is 2.59 bits per heavy atom. The summed E-state index contributed by atoms with van der Waals surface area (Å²) >= 11 is 1.94. The van der Waals surface area contributed by atoms with Crippen LogP contribution in [0.1, 0.15) is 15.9 Å². The molecule has 0 saturated heterocycles. The lowest BCUT2D eigenvalue weighted by molar-refractivity contribution is 0.0694. The summed E-state index contributed by atoms with van der Waals surface area (Å²) in [6.45, 7) is 0.218. The number of halogens is 2. The topological polar surface area (TPSA) is 118 Å². The molecule has 178 valence electrons. The van der Waals surface area contributed by atoms with Crippen LogP contribution in [0.15, 0.2) is 47.3 Å². The van der Waals surface area contributed by atoms with E-state index in [2.05, 4.69) is 5.32 Å². The van der Waals surface area contributed by atoms with E-state index in [1.165, 1.54) is 23.5 Å². The number of carboxylic acids is 1. The smallest absolute Gasteiger partial charge is 0.343 e. The van der Waals surface area contributed by atoms with Gasteiger partial charge in [0.15, 0.2) is 5.75 Å². The molecule has 3 aromatic rings. The third kappa shape index (κ3) is 4.46. The Kier molecular flexibility index (Phi) is 6.29. The molecule has 0 bridgehead atoms. The average Bonchev–Trinajstić information content (AvgIpc) is 3.19. The molecule has 0 unspecified atom stereocenters. The second-order valence-electron chi connectivity index (χ2n) is 7.62. The van der Waals surface area contributed by atoms with Crippen LogP contribution < -0.4 is 19.9 Å². The Balaban J connectivity index is 1.82. The van der Waals surface area contributed by atoms with Gasteiger partial charge in [0.2, 0.25) is 10.0 Å². The van der Waals surface area contributed by atoms with E-state index in [0.717, 1.165) is 16.9 Å². The zero-order valence-corrected chi connectivity index (χ0v) is 21.0. The first-order valence-electron chi connectivity index (χ1n) is 9.94. The number of benzene rings is 2. The van der Waals surface area contributed by atoms with E-state index < -0.39 is 27.4 Å². The van der Waals surface area contributed by atoms with E-state index in [1.54, 1.807) is 24.3 Å². The molecule has 0 radical (unpaired) electrons. The Morgan fingerprint density at radius 1 is 1.21 bits per heavy atom. The van der Waals surface area contributed by atoms with Gasteiger partial charge in [-0.3, -0.25) is 13.7 Å². The fourth-order valence-corrected chi connectivity index (χ4v) is 5.16. The number of carbonyl (C=O) groups is 1. The lowest BCUT2D eigenvalue weighted by atomic mass is 10.1. The minimum absolute atomic E-state index is 0.0144. The molecule has 2 heterocycles. The third-order valence-electron chi connectivity index (χ3n) is 5.36. The molecule has 1 aliphatic rings. The highest BCUT2D eigenvalue weighted by molar-refractivity contribution is 14.1. The summed E-state index contributed by atoms with van der Waals surface area (Å²) in [6.07, 6.45) is 1.45. The van der Waals surface area contributed by atoms with Crippen molar-refractivity contribution in [2.45, 2.75) is 6.42 Å². The lowest BCUT2D eigenvalue weighted by Gasteiger charge is -2.19. The van der Waals surface area contributed by atoms with Crippen LogP contribution in [0.4, 0.5) is 21.6 Å². The monoisotopic (exact) mass is 599 g/mol. The van der Waals surface area contributed by atoms with Gasteiger partial charge in [-0.05, 0) is 59.3 Å². The van der Waals surface area contributed by atoms with Crippen LogP contribution in [0.5, 0.6) is 11.5 Å². The first kappa shape index (κ1) is 24.0. The number of pyridine rings is 1. The Hall–Kier alpha value is -3.13. The second-order valence-corrected chi connectivity index (χ2v) is 10.8. The summed E-state index contributed by atoms with van der Waals surface area (Å²) in [5.74, 6) is -2.21. The predicted molar refractivity (Wildman–Crippen MR) is 133 cm³/mol. The number of carboxylic acid groups (broad SMARTS) is 1. The molecule has 0 amide bonds. The van der Waals surface area contributed by atoms with Gasteiger partial charge < -0.3 is 15.2 Å². The molecule has 34 heavy (non-hydrogen) atoms. The number of hydrogen-bond donors (Lipinski definition) is 2. The molecule has 0 saturated carbocycles. The molecule has 0 spiro atoms. The number of fused-ring (bicyclic) bond motifs is 1. The maximum absolute atomic E-state index is 14.4. The van der Waals surface area contributed by atoms with Crippen LogP contribution >= 0.6 is 22.6 Å². The van der Waals surface area contributed by atoms with Crippen molar-refractivity contribution in [2.24, 2.45) is 7.05 Å². The van der Waals surface area contributed by atoms with Crippen LogP contribution in [0.2, 0.25) is 0 Å². The number of aromatic nitrogens is 1. The van der Waals surface area contributed by atoms with E-state index >= 15 is 0 Å². The quantitative estimate of drug-likeness (QED) is 0.415. The van der Waals surface area contributed by atoms with Crippen molar-refractivity contribution in [3.05, 3.63) is 73.3 Å². The van der Waals surface area contributed by atoms with E-state index in [4.69, 9.17) is 4.74 Å². The summed E-state index contributed by atoms with van der Waals surface area (Å²) in [5, 5.41) is 12.7. The van der Waals surface area contributed by atoms with Crippen molar-refractivity contribution in [3.8, 4) is 11.5 Å². The number of hydrogen-bond acceptors (Lipinski definition) is 6. The molecule has 0 aliphatic carbocycles. The second kappa shape index (κ2) is 8.91. The molecule has 2 N–H and O–H groups in total. The highest BCUT2D eigenvalue weighted by Crippen LogP contribution is 2.40. The molecule has 1 aliphatic heterocycles. The summed E-state index contributed by atoms with van der Waals surface area (Å²) < 4.78 is 47.4. The van der Waals surface area contributed by atoms with Crippen molar-refractivity contribution in [1.29, 1.82) is 0 Å². The maximum Gasteiger partial charge on any atom is 0.343 e. The van der Waals surface area contributed by atoms with E-state index in [1.807, 2.05) is 22.6 Å². The van der Waals surface area contributed by atoms with Gasteiger partial charge in [-0.2, -0.15) is 0 Å². The molecule has 4 rings (SSSR count). The lowest BCUT2D eigenvalue weighted by Crippen LogP contribution is -2.27. The van der Waals surface area contributed by atoms with Gasteiger partial charge in [0.1, 0.15) is 22.9 Å². The van der Waals surface area contributed by atoms with Crippen molar-refractivity contribution < 1.29 is 27.4 Å². The summed E-state index contributed by atoms with van der Waals surface area (Å²) in [4.78, 5) is 24.9. The Labute approximate surface area is 208 Å². The average molecular weight is 599 g/mol. The largest absolute Gasteiger partial charge is 0.477 e. The van der Waals surface area contributed by atoms with Crippen molar-refractivity contribution in [2.75, 3.05) is 22.4 Å². The zero-order valence-electron chi connectivity index (χ0n) is 18.0. The molecule has 12 heteroatoms. The van der Waals surface area contributed by atoms with Crippen LogP contribution in [-0.4, -0.2) is 36.9 Å². The van der Waals surface area contributed by atoms with E-state index in [9.17, 15) is 27.5 Å². The molecule has 0 atom stereocenters. The van der Waals surface area contributed by atoms with Crippen LogP contribution in [0, 0.1) is 9.39 Å². The van der Waals surface area contributed by atoms with Gasteiger partial charge >= 0.3 is 5.97 Å². The van der Waals surface area contributed by atoms with Gasteiger partial charge in [0.25, 0.3) is 5.56 Å². The normalized spacial score (nSPS) is 13.0. The summed E-state index contributed by atoms with van der Waals surface area (Å²) in [6, 6.07) is 10.1. The van der Waals surface area contributed by atoms with Crippen molar-refractivity contribution in [3.63, 3.8) is 0 Å². The van der Waals surface area contributed by atoms with E-state index in [-0.39, 0.29) is 35.1 Å². The Morgan fingerprint density at radius 2 is 1.94 bits per heavy atom. The number of nitrogens with one attached hydrogen (secondary N) is 1. The van der Waals surface area contributed by atoms with E-state index in [0.29, 0.717) is 21.2 Å². The van der Waals surface area contributed by atoms with Crippen LogP contribution in [0.25, 0.3) is 0 Å². The number of sulfonamides is 1. The van der Waals surface area contributed by atoms with Gasteiger partial charge in [0, 0.05) is 28.8 Å². The van der Waals surface area contributed by atoms with Gasteiger partial charge in [-0.15, -0.1) is 0 Å². The molecular weight excluding hydrogens is 580 g/mol. The Bertz CT molecular complexity index is 1490. The summed E-state index contributed by atoms with van der Waals surface area (Å²) in [5.41, 5.74) is 0.0250. The number of ether oxygens (including phenoxy) is 1. The molecular formula is C22H19FIN3O6S. The molecule has 1 aromatic heterocycles. The van der Waals surface area contributed by atoms with Gasteiger partial charge in [-0.25, -0.2) is 17.6 Å². The number of anilines is 3. The van der Waals surface area contributed by atoms with Crippen LogP contribution in [-0.2, 0) is 23.5 Å². The highest BCUT2D eigenvalue weighted by Gasteiger charge is 2.30. The fraction of sp³-hybridized carbons (Fsp3) is 0.182. The van der Waals surface area contributed by atoms with Crippen LogP contribution in [0.3, 0.4) is 0 Å². The van der Waals surface area contributed by atoms with Gasteiger partial charge in [0.05, 0.1) is 17.6 Å². The number of nitrogens with zero attached hydrogens (tertiary/aromatic N) is 2. The first-order chi connectivity index (χ1) is 16.0. The first-order valence-corrected chi connectivity index (χ1v) is 12.9. The standard InChI is InChI=1S/C22H19FIN3O6S/c1-26-19(28)11-18(20(22(29)30)21(26)25-15-7-6-12(24)10-14(15)23)33-17-5-3-4-16-13(17)8-9-27(16)34(2,31)32/h3-7,10-11,25H,8-9H2,1-2H3,(H,29,30). The van der Waals surface area contributed by atoms with Crippen molar-refractivity contribution >= 4 is 55.8 Å². The number of rotatable bonds is 6. The summed E-state index contributed by atoms with van der Waals surface area (Å²) in [7, 11) is -2.15. The minimum atomic E-state index is -3.50. The molecule has 2 aromatic carbocycles. The maximum atomic E-state index is 14.4. The molecule has 0 fully saturated rings. The number of aromatic carboxylic acids is 1. The third-order valence-corrected chi connectivity index (χ3v) is 7.21. The highest BCUT2D eigenvalue weighted by atomic mass is 127. The van der Waals surface area contributed by atoms with Gasteiger partial charge in [-0.1, -0.05) is 6.07 Å². The van der Waals surface area contributed by atoms with Crippen molar-refractivity contribution in [1.82, 2.24) is 4.57 Å². The predicted octanol–water partition coefficient (Wildman–Crippen LogP) is 3.69. The SMILES string of the molecule is Cn1c(Nc2ccc(I)cc2F)c(C(=O)O)c(Oc2cccc3c2CCN3S(C)(=O)=O)cc1=O. The zero-order chi connectivity index (χ0) is 24.8. The molecule has 9 nitrogen and oxygen atoms in total. The fourth-order valence-electron chi connectivity index (χ4n) is 3.76. The minimum Gasteiger partial charge on any atom is -0.477 e.